The van der Waals surface area contributed by atoms with Gasteiger partial charge in [-0.3, -0.25) is 9.59 Å². The lowest BCUT2D eigenvalue weighted by Gasteiger charge is -2.32. The Hall–Kier alpha value is -4.31. The van der Waals surface area contributed by atoms with Crippen molar-refractivity contribution >= 4 is 34.4 Å². The summed E-state index contributed by atoms with van der Waals surface area (Å²) in [5, 5.41) is 7.59. The first kappa shape index (κ1) is 26.7. The number of alkyl carbamates (subject to hydrolysis) is 1. The minimum absolute atomic E-state index is 0.136. The number of nitrogens with one attached hydrogen (secondary N) is 2. The third kappa shape index (κ3) is 6.51. The fraction of sp³-hybridized carbons (Fsp3) is 0.323. The van der Waals surface area contributed by atoms with Crippen molar-refractivity contribution in [3.63, 3.8) is 0 Å². The maximum atomic E-state index is 13.9. The van der Waals surface area contributed by atoms with E-state index in [1.54, 1.807) is 49.9 Å². The van der Waals surface area contributed by atoms with Gasteiger partial charge in [0.15, 0.2) is 0 Å². The highest BCUT2D eigenvalue weighted by Gasteiger charge is 2.46. The molecule has 1 fully saturated rings. The van der Waals surface area contributed by atoms with Gasteiger partial charge in [-0.1, -0.05) is 55.3 Å². The van der Waals surface area contributed by atoms with Gasteiger partial charge >= 0.3 is 6.09 Å². The van der Waals surface area contributed by atoms with Crippen LogP contribution in [0.4, 0.5) is 10.5 Å². The number of nitrogens with zero attached hydrogens (tertiary/aromatic N) is 1. The molecule has 7 nitrogen and oxygen atoms in total. The standard InChI is InChI=1S/C31H33N3O4/c1-6-21-11-13-23(14-12-21)28(29(36)33-25-16-15-22-9-7-8-10-24(22)18-25)34(26-17-20(26)2)27(35)19-32-30(37)38-31(3,4)5/h1,7-16,18,20,26,28H,17,19H2,2-5H3,(H,32,37)(H,33,36). The smallest absolute Gasteiger partial charge is 0.408 e. The van der Waals surface area contributed by atoms with Crippen LogP contribution in [-0.2, 0) is 14.3 Å². The lowest BCUT2D eigenvalue weighted by molar-refractivity contribution is -0.139. The van der Waals surface area contributed by atoms with Gasteiger partial charge in [0, 0.05) is 17.3 Å². The van der Waals surface area contributed by atoms with Crippen molar-refractivity contribution in [2.75, 3.05) is 11.9 Å². The summed E-state index contributed by atoms with van der Waals surface area (Å²) in [5.74, 6) is 2.09. The summed E-state index contributed by atoms with van der Waals surface area (Å²) < 4.78 is 5.28. The minimum atomic E-state index is -0.920. The van der Waals surface area contributed by atoms with Gasteiger partial charge in [-0.05, 0) is 73.7 Å². The summed E-state index contributed by atoms with van der Waals surface area (Å²) in [7, 11) is 0. The number of anilines is 1. The molecule has 3 amide bonds. The predicted molar refractivity (Wildman–Crippen MR) is 148 cm³/mol. The summed E-state index contributed by atoms with van der Waals surface area (Å²) in [6.45, 7) is 6.99. The van der Waals surface area contributed by atoms with E-state index >= 15 is 0 Å². The SMILES string of the molecule is C#Cc1ccc(C(C(=O)Nc2ccc3ccccc3c2)N(C(=O)CNC(=O)OC(C)(C)C)C2CC2C)cc1. The molecule has 1 aliphatic rings. The Morgan fingerprint density at radius 3 is 2.32 bits per heavy atom. The number of amides is 3. The molecule has 0 radical (unpaired) electrons. The third-order valence-corrected chi connectivity index (χ3v) is 6.43. The number of hydrogen-bond acceptors (Lipinski definition) is 4. The zero-order valence-corrected chi connectivity index (χ0v) is 22.2. The van der Waals surface area contributed by atoms with Crippen LogP contribution < -0.4 is 10.6 Å². The molecular formula is C31H33N3O4. The summed E-state index contributed by atoms with van der Waals surface area (Å²) >= 11 is 0. The van der Waals surface area contributed by atoms with Crippen LogP contribution in [0.1, 0.15) is 51.3 Å². The Balaban J connectivity index is 1.63. The molecule has 38 heavy (non-hydrogen) atoms. The van der Waals surface area contributed by atoms with Crippen molar-refractivity contribution < 1.29 is 19.1 Å². The number of ether oxygens (including phenoxy) is 1. The van der Waals surface area contributed by atoms with Gasteiger partial charge in [-0.25, -0.2) is 4.79 Å². The van der Waals surface area contributed by atoms with Gasteiger partial charge in [0.1, 0.15) is 18.2 Å². The van der Waals surface area contributed by atoms with Crippen LogP contribution in [0.15, 0.2) is 66.7 Å². The maximum absolute atomic E-state index is 13.9. The van der Waals surface area contributed by atoms with Gasteiger partial charge in [0.2, 0.25) is 5.91 Å². The largest absolute Gasteiger partial charge is 0.444 e. The van der Waals surface area contributed by atoms with Crippen LogP contribution in [0, 0.1) is 18.3 Å². The summed E-state index contributed by atoms with van der Waals surface area (Å²) in [5.41, 5.74) is 1.24. The van der Waals surface area contributed by atoms with Crippen LogP contribution in [-0.4, -0.2) is 41.0 Å². The molecule has 4 rings (SSSR count). The third-order valence-electron chi connectivity index (χ3n) is 6.43. The topological polar surface area (TPSA) is 87.7 Å². The zero-order valence-electron chi connectivity index (χ0n) is 22.2. The van der Waals surface area contributed by atoms with E-state index in [0.717, 1.165) is 17.2 Å². The lowest BCUT2D eigenvalue weighted by Crippen LogP contribution is -2.48. The first-order valence-electron chi connectivity index (χ1n) is 12.7. The van der Waals surface area contributed by atoms with Gasteiger partial charge in [-0.15, -0.1) is 6.42 Å². The second-order valence-electron chi connectivity index (χ2n) is 10.7. The molecule has 1 saturated carbocycles. The van der Waals surface area contributed by atoms with Crippen molar-refractivity contribution in [3.05, 3.63) is 77.9 Å². The molecule has 3 atom stereocenters. The Kier molecular flexibility index (Phi) is 7.72. The van der Waals surface area contributed by atoms with Crippen molar-refractivity contribution in [2.24, 2.45) is 5.92 Å². The van der Waals surface area contributed by atoms with E-state index in [1.165, 1.54) is 0 Å². The van der Waals surface area contributed by atoms with Gasteiger partial charge in [0.05, 0.1) is 0 Å². The molecule has 196 valence electrons. The molecule has 3 aromatic carbocycles. The highest BCUT2D eigenvalue weighted by Crippen LogP contribution is 2.40. The zero-order chi connectivity index (χ0) is 27.4. The Labute approximate surface area is 223 Å². The minimum Gasteiger partial charge on any atom is -0.444 e. The monoisotopic (exact) mass is 511 g/mol. The van der Waals surface area contributed by atoms with Crippen LogP contribution in [0.25, 0.3) is 10.8 Å². The van der Waals surface area contributed by atoms with Gasteiger partial charge < -0.3 is 20.3 Å². The summed E-state index contributed by atoms with van der Waals surface area (Å²) in [6, 6.07) is 19.6. The van der Waals surface area contributed by atoms with E-state index in [4.69, 9.17) is 11.2 Å². The maximum Gasteiger partial charge on any atom is 0.408 e. The highest BCUT2D eigenvalue weighted by atomic mass is 16.6. The van der Waals surface area contributed by atoms with E-state index in [9.17, 15) is 14.4 Å². The second-order valence-corrected chi connectivity index (χ2v) is 10.7. The molecule has 0 saturated heterocycles. The van der Waals surface area contributed by atoms with Crippen molar-refractivity contribution in [3.8, 4) is 12.3 Å². The van der Waals surface area contributed by atoms with Crippen LogP contribution in [0.2, 0.25) is 0 Å². The van der Waals surface area contributed by atoms with E-state index in [1.807, 2.05) is 49.4 Å². The molecule has 0 spiro atoms. The van der Waals surface area contributed by atoms with Crippen LogP contribution >= 0.6 is 0 Å². The number of rotatable bonds is 7. The van der Waals surface area contributed by atoms with Crippen molar-refractivity contribution in [1.29, 1.82) is 0 Å². The number of benzene rings is 3. The fourth-order valence-corrected chi connectivity index (χ4v) is 4.44. The number of hydrogen-bond donors (Lipinski definition) is 2. The van der Waals surface area contributed by atoms with Crippen LogP contribution in [0.5, 0.6) is 0 Å². The normalized spacial score (nSPS) is 17.1. The molecule has 0 heterocycles. The number of carbonyl (C=O) groups is 3. The molecule has 2 N–H and O–H groups in total. The highest BCUT2D eigenvalue weighted by molar-refractivity contribution is 6.00. The molecular weight excluding hydrogens is 478 g/mol. The van der Waals surface area contributed by atoms with Crippen molar-refractivity contribution in [2.45, 2.75) is 51.8 Å². The number of terminal acetylenes is 1. The molecule has 1 aliphatic carbocycles. The second kappa shape index (κ2) is 11.0. The van der Waals surface area contributed by atoms with E-state index < -0.39 is 17.7 Å². The Morgan fingerprint density at radius 2 is 1.71 bits per heavy atom. The van der Waals surface area contributed by atoms with E-state index in [0.29, 0.717) is 16.8 Å². The fourth-order valence-electron chi connectivity index (χ4n) is 4.44. The van der Waals surface area contributed by atoms with E-state index in [-0.39, 0.29) is 30.3 Å². The van der Waals surface area contributed by atoms with Gasteiger partial charge in [0.25, 0.3) is 5.91 Å². The van der Waals surface area contributed by atoms with E-state index in [2.05, 4.69) is 16.6 Å². The lowest BCUT2D eigenvalue weighted by atomic mass is 10.0. The quantitative estimate of drug-likeness (QED) is 0.424. The molecule has 3 unspecified atom stereocenters. The Bertz CT molecular complexity index is 1380. The first-order valence-corrected chi connectivity index (χ1v) is 12.7. The summed E-state index contributed by atoms with van der Waals surface area (Å²) in [6.07, 6.45) is 5.61. The molecule has 0 aromatic heterocycles. The molecule has 0 bridgehead atoms. The first-order chi connectivity index (χ1) is 18.1. The summed E-state index contributed by atoms with van der Waals surface area (Å²) in [4.78, 5) is 41.2. The average molecular weight is 512 g/mol. The van der Waals surface area contributed by atoms with Crippen molar-refractivity contribution in [1.82, 2.24) is 10.2 Å². The van der Waals surface area contributed by atoms with Gasteiger partial charge in [-0.2, -0.15) is 0 Å². The average Bonchev–Trinajstić information content (AvgIpc) is 3.60. The predicted octanol–water partition coefficient (Wildman–Crippen LogP) is 5.26. The number of carbonyl (C=O) groups excluding carboxylic acids is 3. The molecule has 7 heteroatoms. The number of fused-ring (bicyclic) bond motifs is 1. The molecule has 3 aromatic rings. The Morgan fingerprint density at radius 1 is 1.05 bits per heavy atom. The molecule has 0 aliphatic heterocycles. The van der Waals surface area contributed by atoms with Crippen LogP contribution in [0.3, 0.4) is 0 Å².